The molecule has 1 saturated carbocycles. The molecule has 1 fully saturated rings. The lowest BCUT2D eigenvalue weighted by Gasteiger charge is -2.21. The van der Waals surface area contributed by atoms with Gasteiger partial charge < -0.3 is 10.1 Å². The van der Waals surface area contributed by atoms with Crippen LogP contribution in [-0.2, 0) is 0 Å². The molecule has 18 heavy (non-hydrogen) atoms. The lowest BCUT2D eigenvalue weighted by atomic mass is 10.1. The predicted molar refractivity (Wildman–Crippen MR) is 72.8 cm³/mol. The topological polar surface area (TPSA) is 45.0 Å². The van der Waals surface area contributed by atoms with Crippen molar-refractivity contribution in [1.82, 2.24) is 0 Å². The fraction of sp³-hybridized carbons (Fsp3) is 0.533. The van der Waals surface area contributed by atoms with Crippen molar-refractivity contribution in [1.29, 1.82) is 5.26 Å². The predicted octanol–water partition coefficient (Wildman–Crippen LogP) is 3.56. The molecule has 2 rings (SSSR count). The van der Waals surface area contributed by atoms with Crippen LogP contribution >= 0.6 is 0 Å². The number of anilines is 1. The van der Waals surface area contributed by atoms with Gasteiger partial charge in [-0.05, 0) is 37.3 Å². The zero-order valence-corrected chi connectivity index (χ0v) is 11.1. The van der Waals surface area contributed by atoms with Crippen LogP contribution < -0.4 is 10.1 Å². The number of rotatable bonds is 6. The van der Waals surface area contributed by atoms with Crippen molar-refractivity contribution in [3.63, 3.8) is 0 Å². The summed E-state index contributed by atoms with van der Waals surface area (Å²) >= 11 is 0. The van der Waals surface area contributed by atoms with Crippen molar-refractivity contribution in [2.24, 2.45) is 5.92 Å². The number of nitrogens with zero attached hydrogens (tertiary/aromatic N) is 1. The van der Waals surface area contributed by atoms with E-state index in [2.05, 4.69) is 18.3 Å². The van der Waals surface area contributed by atoms with Gasteiger partial charge in [0.25, 0.3) is 0 Å². The van der Waals surface area contributed by atoms with Gasteiger partial charge in [-0.2, -0.15) is 5.26 Å². The molecule has 1 aliphatic carbocycles. The molecule has 0 bridgehead atoms. The first-order valence-electron chi connectivity index (χ1n) is 6.63. The summed E-state index contributed by atoms with van der Waals surface area (Å²) in [6.07, 6.45) is 4.90. The number of benzene rings is 1. The molecule has 1 aromatic rings. The van der Waals surface area contributed by atoms with Crippen molar-refractivity contribution >= 4 is 5.69 Å². The summed E-state index contributed by atoms with van der Waals surface area (Å²) in [6.45, 7) is 2.20. The van der Waals surface area contributed by atoms with E-state index >= 15 is 0 Å². The third-order valence-electron chi connectivity index (χ3n) is 3.49. The van der Waals surface area contributed by atoms with Crippen LogP contribution in [0.25, 0.3) is 0 Å². The summed E-state index contributed by atoms with van der Waals surface area (Å²) in [4.78, 5) is 0. The van der Waals surface area contributed by atoms with Crippen LogP contribution in [0.4, 0.5) is 5.69 Å². The number of nitrogens with one attached hydrogen (secondary N) is 1. The highest BCUT2D eigenvalue weighted by atomic mass is 16.5. The summed E-state index contributed by atoms with van der Waals surface area (Å²) in [5.74, 6) is 1.53. The minimum Gasteiger partial charge on any atom is -0.495 e. The monoisotopic (exact) mass is 244 g/mol. The zero-order chi connectivity index (χ0) is 13.0. The lowest BCUT2D eigenvalue weighted by molar-refractivity contribution is 0.415. The maximum Gasteiger partial charge on any atom is 0.143 e. The zero-order valence-electron chi connectivity index (χ0n) is 11.1. The second-order valence-electron chi connectivity index (χ2n) is 4.87. The summed E-state index contributed by atoms with van der Waals surface area (Å²) in [5.41, 5.74) is 1.52. The minimum atomic E-state index is 0.471. The van der Waals surface area contributed by atoms with Crippen molar-refractivity contribution in [2.45, 2.75) is 38.6 Å². The quantitative estimate of drug-likeness (QED) is 0.832. The van der Waals surface area contributed by atoms with Gasteiger partial charge in [0.05, 0.1) is 18.4 Å². The Morgan fingerprint density at radius 2 is 2.28 bits per heavy atom. The van der Waals surface area contributed by atoms with E-state index in [1.165, 1.54) is 12.8 Å². The van der Waals surface area contributed by atoms with Crippen molar-refractivity contribution < 1.29 is 4.74 Å². The Morgan fingerprint density at radius 1 is 1.50 bits per heavy atom. The van der Waals surface area contributed by atoms with Gasteiger partial charge >= 0.3 is 0 Å². The number of hydrogen-bond donors (Lipinski definition) is 1. The van der Waals surface area contributed by atoms with Crippen LogP contribution in [0.15, 0.2) is 18.2 Å². The first-order chi connectivity index (χ1) is 8.80. The third kappa shape index (κ3) is 2.76. The number of para-hydroxylation sites is 1. The summed E-state index contributed by atoms with van der Waals surface area (Å²) < 4.78 is 5.35. The van der Waals surface area contributed by atoms with E-state index in [0.29, 0.717) is 11.6 Å². The van der Waals surface area contributed by atoms with E-state index in [-0.39, 0.29) is 0 Å². The number of methoxy groups -OCH3 is 1. The Labute approximate surface area is 109 Å². The van der Waals surface area contributed by atoms with Crippen LogP contribution in [-0.4, -0.2) is 13.2 Å². The Balaban J connectivity index is 2.23. The van der Waals surface area contributed by atoms with Gasteiger partial charge in [-0.3, -0.25) is 0 Å². The standard InChI is InChI=1S/C15H20N2O/c1-3-5-13(11-8-9-11)17-15-12(10-16)6-4-7-14(15)18-2/h4,6-7,11,13,17H,3,5,8-9H2,1-2H3. The number of ether oxygens (including phenoxy) is 1. The molecule has 0 spiro atoms. The van der Waals surface area contributed by atoms with Gasteiger partial charge in [-0.25, -0.2) is 0 Å². The Hall–Kier alpha value is -1.69. The molecule has 0 saturated heterocycles. The minimum absolute atomic E-state index is 0.471. The second-order valence-corrected chi connectivity index (χ2v) is 4.87. The van der Waals surface area contributed by atoms with E-state index < -0.39 is 0 Å². The Kier molecular flexibility index (Phi) is 4.09. The van der Waals surface area contributed by atoms with E-state index in [1.807, 2.05) is 18.2 Å². The molecule has 3 nitrogen and oxygen atoms in total. The van der Waals surface area contributed by atoms with Gasteiger partial charge in [-0.15, -0.1) is 0 Å². The highest BCUT2D eigenvalue weighted by Gasteiger charge is 2.31. The van der Waals surface area contributed by atoms with Crippen molar-refractivity contribution in [3.05, 3.63) is 23.8 Å². The molecule has 1 N–H and O–H groups in total. The van der Waals surface area contributed by atoms with Gasteiger partial charge in [0.2, 0.25) is 0 Å². The molecule has 3 heteroatoms. The Morgan fingerprint density at radius 3 is 2.83 bits per heavy atom. The van der Waals surface area contributed by atoms with Crippen molar-refractivity contribution in [2.75, 3.05) is 12.4 Å². The van der Waals surface area contributed by atoms with Crippen LogP contribution in [0.3, 0.4) is 0 Å². The molecular weight excluding hydrogens is 224 g/mol. The molecule has 1 unspecified atom stereocenters. The second kappa shape index (κ2) is 5.77. The van der Waals surface area contributed by atoms with Gasteiger partial charge in [0.15, 0.2) is 0 Å². The molecule has 0 radical (unpaired) electrons. The molecule has 0 heterocycles. The Bertz CT molecular complexity index is 446. The van der Waals surface area contributed by atoms with E-state index in [9.17, 15) is 5.26 Å². The molecular formula is C15H20N2O. The van der Waals surface area contributed by atoms with Gasteiger partial charge in [0, 0.05) is 6.04 Å². The SMILES string of the molecule is CCCC(Nc1c(C#N)cccc1OC)C1CC1. The van der Waals surface area contributed by atoms with Crippen molar-refractivity contribution in [3.8, 4) is 11.8 Å². The summed E-state index contributed by atoms with van der Waals surface area (Å²) in [5, 5.41) is 12.7. The van der Waals surface area contributed by atoms with Gasteiger partial charge in [0.1, 0.15) is 11.8 Å². The summed E-state index contributed by atoms with van der Waals surface area (Å²) in [6, 6.07) is 8.30. The average molecular weight is 244 g/mol. The lowest BCUT2D eigenvalue weighted by Crippen LogP contribution is -2.22. The van der Waals surface area contributed by atoms with Crippen LogP contribution in [0.5, 0.6) is 5.75 Å². The first kappa shape index (κ1) is 12.8. The highest BCUT2D eigenvalue weighted by Crippen LogP contribution is 2.38. The third-order valence-corrected chi connectivity index (χ3v) is 3.49. The van der Waals surface area contributed by atoms with Crippen LogP contribution in [0, 0.1) is 17.2 Å². The van der Waals surface area contributed by atoms with E-state index in [1.54, 1.807) is 7.11 Å². The molecule has 1 aromatic carbocycles. The van der Waals surface area contributed by atoms with Crippen LogP contribution in [0.1, 0.15) is 38.2 Å². The molecule has 0 amide bonds. The van der Waals surface area contributed by atoms with E-state index in [0.717, 1.165) is 30.2 Å². The number of hydrogen-bond acceptors (Lipinski definition) is 3. The molecule has 96 valence electrons. The fourth-order valence-corrected chi connectivity index (χ4v) is 2.36. The maximum absolute atomic E-state index is 9.19. The highest BCUT2D eigenvalue weighted by molar-refractivity contribution is 5.66. The van der Waals surface area contributed by atoms with Crippen LogP contribution in [0.2, 0.25) is 0 Å². The normalized spacial score (nSPS) is 15.8. The summed E-state index contributed by atoms with van der Waals surface area (Å²) in [7, 11) is 1.65. The fourth-order valence-electron chi connectivity index (χ4n) is 2.36. The van der Waals surface area contributed by atoms with E-state index in [4.69, 9.17) is 4.74 Å². The maximum atomic E-state index is 9.19. The first-order valence-corrected chi connectivity index (χ1v) is 6.63. The largest absolute Gasteiger partial charge is 0.495 e. The smallest absolute Gasteiger partial charge is 0.143 e. The average Bonchev–Trinajstić information content (AvgIpc) is 3.22. The van der Waals surface area contributed by atoms with Gasteiger partial charge in [-0.1, -0.05) is 19.4 Å². The number of nitriles is 1. The molecule has 0 aromatic heterocycles. The molecule has 1 atom stereocenters. The molecule has 1 aliphatic rings. The molecule has 0 aliphatic heterocycles.